The summed E-state index contributed by atoms with van der Waals surface area (Å²) in [7, 11) is 4.84. The highest BCUT2D eigenvalue weighted by atomic mass is 16.5. The molecule has 6 heteroatoms. The maximum Gasteiger partial charge on any atom is 0.205 e. The highest BCUT2D eigenvalue weighted by Gasteiger charge is 2.26. The zero-order valence-electron chi connectivity index (χ0n) is 15.0. The summed E-state index contributed by atoms with van der Waals surface area (Å²) in [6.45, 7) is 6.56. The van der Waals surface area contributed by atoms with Crippen molar-refractivity contribution in [2.24, 2.45) is 11.8 Å². The minimum Gasteiger partial charge on any atom is -0.493 e. The van der Waals surface area contributed by atoms with Crippen LogP contribution in [0.25, 0.3) is 10.9 Å². The van der Waals surface area contributed by atoms with E-state index < -0.39 is 0 Å². The van der Waals surface area contributed by atoms with Crippen molar-refractivity contribution in [2.75, 3.05) is 39.3 Å². The number of methoxy groups -OCH3 is 3. The second-order valence-electron chi connectivity index (χ2n) is 6.59. The first-order chi connectivity index (χ1) is 11.6. The SMILES string of the molecule is COc1cc2c(N3CC(C)CC(C)C3)ncnc2c(OC)c1OC. The molecule has 1 aliphatic heterocycles. The molecule has 1 aromatic heterocycles. The second-order valence-corrected chi connectivity index (χ2v) is 6.59. The fraction of sp³-hybridized carbons (Fsp3) is 0.556. The number of rotatable bonds is 4. The maximum absolute atomic E-state index is 5.56. The highest BCUT2D eigenvalue weighted by Crippen LogP contribution is 2.44. The normalized spacial score (nSPS) is 21.0. The van der Waals surface area contributed by atoms with Crippen molar-refractivity contribution in [1.82, 2.24) is 9.97 Å². The molecule has 0 saturated carbocycles. The molecule has 24 heavy (non-hydrogen) atoms. The van der Waals surface area contributed by atoms with E-state index in [1.807, 2.05) is 6.07 Å². The first-order valence-electron chi connectivity index (χ1n) is 8.27. The molecule has 2 unspecified atom stereocenters. The van der Waals surface area contributed by atoms with Crippen LogP contribution in [-0.2, 0) is 0 Å². The number of hydrogen-bond donors (Lipinski definition) is 0. The van der Waals surface area contributed by atoms with Crippen molar-refractivity contribution in [2.45, 2.75) is 20.3 Å². The van der Waals surface area contributed by atoms with E-state index in [2.05, 4.69) is 28.7 Å². The van der Waals surface area contributed by atoms with Gasteiger partial charge in [0.15, 0.2) is 11.5 Å². The van der Waals surface area contributed by atoms with Gasteiger partial charge in [0.2, 0.25) is 5.75 Å². The van der Waals surface area contributed by atoms with Gasteiger partial charge in [-0.3, -0.25) is 0 Å². The van der Waals surface area contributed by atoms with Gasteiger partial charge in [0, 0.05) is 13.1 Å². The Morgan fingerprint density at radius 3 is 2.21 bits per heavy atom. The zero-order valence-corrected chi connectivity index (χ0v) is 15.0. The minimum atomic E-state index is 0.553. The van der Waals surface area contributed by atoms with Crippen LogP contribution in [0.4, 0.5) is 5.82 Å². The predicted octanol–water partition coefficient (Wildman–Crippen LogP) is 3.14. The quantitative estimate of drug-likeness (QED) is 0.858. The minimum absolute atomic E-state index is 0.553. The Bertz CT molecular complexity index is 725. The predicted molar refractivity (Wildman–Crippen MR) is 94.4 cm³/mol. The molecule has 1 aliphatic rings. The molecule has 0 radical (unpaired) electrons. The van der Waals surface area contributed by atoms with Crippen molar-refractivity contribution < 1.29 is 14.2 Å². The molecule has 3 rings (SSSR count). The molecule has 130 valence electrons. The summed E-state index contributed by atoms with van der Waals surface area (Å²) in [6, 6.07) is 1.94. The molecule has 1 saturated heterocycles. The first-order valence-corrected chi connectivity index (χ1v) is 8.27. The number of ether oxygens (including phenoxy) is 3. The van der Waals surface area contributed by atoms with Crippen molar-refractivity contribution in [3.8, 4) is 17.2 Å². The number of anilines is 1. The van der Waals surface area contributed by atoms with Gasteiger partial charge < -0.3 is 19.1 Å². The average Bonchev–Trinajstić information content (AvgIpc) is 2.58. The summed E-state index contributed by atoms with van der Waals surface area (Å²) in [5.74, 6) is 3.96. The number of benzene rings is 1. The monoisotopic (exact) mass is 331 g/mol. The van der Waals surface area contributed by atoms with Gasteiger partial charge in [0.25, 0.3) is 0 Å². The molecule has 2 heterocycles. The molecule has 0 spiro atoms. The summed E-state index contributed by atoms with van der Waals surface area (Å²) in [4.78, 5) is 11.3. The molecule has 2 aromatic rings. The molecular formula is C18H25N3O3. The van der Waals surface area contributed by atoms with E-state index >= 15 is 0 Å². The van der Waals surface area contributed by atoms with Gasteiger partial charge in [-0.05, 0) is 24.3 Å². The van der Waals surface area contributed by atoms with E-state index in [0.29, 0.717) is 29.1 Å². The van der Waals surface area contributed by atoms with Crippen molar-refractivity contribution >= 4 is 16.7 Å². The summed E-state index contributed by atoms with van der Waals surface area (Å²) in [5, 5.41) is 0.924. The van der Waals surface area contributed by atoms with Crippen LogP contribution in [0.5, 0.6) is 17.2 Å². The third-order valence-electron chi connectivity index (χ3n) is 4.58. The summed E-state index contributed by atoms with van der Waals surface area (Å²) in [6.07, 6.45) is 2.84. The molecule has 0 aliphatic carbocycles. The van der Waals surface area contributed by atoms with E-state index in [1.54, 1.807) is 27.7 Å². The molecule has 1 aromatic carbocycles. The zero-order chi connectivity index (χ0) is 17.3. The van der Waals surface area contributed by atoms with Crippen LogP contribution in [0.1, 0.15) is 20.3 Å². The number of hydrogen-bond acceptors (Lipinski definition) is 6. The standard InChI is InChI=1S/C18H25N3O3/c1-11-6-12(2)9-21(8-11)18-13-7-14(22-3)16(23-4)17(24-5)15(13)19-10-20-18/h7,10-12H,6,8-9H2,1-5H3. The van der Waals surface area contributed by atoms with Crippen molar-refractivity contribution in [1.29, 1.82) is 0 Å². The number of piperidine rings is 1. The van der Waals surface area contributed by atoms with Crippen LogP contribution in [0, 0.1) is 11.8 Å². The summed E-state index contributed by atoms with van der Waals surface area (Å²) < 4.78 is 16.5. The Labute approximate surface area is 142 Å². The summed E-state index contributed by atoms with van der Waals surface area (Å²) >= 11 is 0. The lowest BCUT2D eigenvalue weighted by molar-refractivity contribution is 0.326. The van der Waals surface area contributed by atoms with E-state index in [4.69, 9.17) is 14.2 Å². The maximum atomic E-state index is 5.56. The largest absolute Gasteiger partial charge is 0.493 e. The van der Waals surface area contributed by atoms with Gasteiger partial charge in [0.05, 0.1) is 26.7 Å². The van der Waals surface area contributed by atoms with E-state index in [0.717, 1.165) is 29.8 Å². The second kappa shape index (κ2) is 6.71. The molecule has 1 fully saturated rings. The van der Waals surface area contributed by atoms with Gasteiger partial charge in [0.1, 0.15) is 17.7 Å². The van der Waals surface area contributed by atoms with Gasteiger partial charge in [-0.2, -0.15) is 0 Å². The van der Waals surface area contributed by atoms with Crippen LogP contribution in [0.15, 0.2) is 12.4 Å². The topological polar surface area (TPSA) is 56.7 Å². The third kappa shape index (κ3) is 2.81. The highest BCUT2D eigenvalue weighted by molar-refractivity contribution is 5.97. The van der Waals surface area contributed by atoms with Crippen LogP contribution in [-0.4, -0.2) is 44.4 Å². The molecule has 0 N–H and O–H groups in total. The average molecular weight is 331 g/mol. The van der Waals surface area contributed by atoms with Crippen LogP contribution >= 0.6 is 0 Å². The molecule has 6 nitrogen and oxygen atoms in total. The molecule has 0 amide bonds. The van der Waals surface area contributed by atoms with Crippen LogP contribution in [0.3, 0.4) is 0 Å². The Morgan fingerprint density at radius 2 is 1.62 bits per heavy atom. The fourth-order valence-corrected chi connectivity index (χ4v) is 3.74. The lowest BCUT2D eigenvalue weighted by Crippen LogP contribution is -2.39. The Morgan fingerprint density at radius 1 is 0.958 bits per heavy atom. The number of fused-ring (bicyclic) bond motifs is 1. The molecular weight excluding hydrogens is 306 g/mol. The van der Waals surface area contributed by atoms with Gasteiger partial charge >= 0.3 is 0 Å². The van der Waals surface area contributed by atoms with Crippen molar-refractivity contribution in [3.05, 3.63) is 12.4 Å². The van der Waals surface area contributed by atoms with Crippen LogP contribution < -0.4 is 19.1 Å². The van der Waals surface area contributed by atoms with Crippen LogP contribution in [0.2, 0.25) is 0 Å². The Kier molecular flexibility index (Phi) is 4.64. The first kappa shape index (κ1) is 16.6. The van der Waals surface area contributed by atoms with Gasteiger partial charge in [-0.15, -0.1) is 0 Å². The van der Waals surface area contributed by atoms with E-state index in [9.17, 15) is 0 Å². The lowest BCUT2D eigenvalue weighted by atomic mass is 9.92. The Hall–Kier alpha value is -2.24. The van der Waals surface area contributed by atoms with E-state index in [-0.39, 0.29) is 0 Å². The Balaban J connectivity index is 2.19. The van der Waals surface area contributed by atoms with Gasteiger partial charge in [-0.25, -0.2) is 9.97 Å². The third-order valence-corrected chi connectivity index (χ3v) is 4.58. The number of nitrogens with zero attached hydrogens (tertiary/aromatic N) is 3. The smallest absolute Gasteiger partial charge is 0.205 e. The number of aromatic nitrogens is 2. The van der Waals surface area contributed by atoms with Crippen molar-refractivity contribution in [3.63, 3.8) is 0 Å². The van der Waals surface area contributed by atoms with Gasteiger partial charge in [-0.1, -0.05) is 13.8 Å². The fourth-order valence-electron chi connectivity index (χ4n) is 3.74. The molecule has 0 bridgehead atoms. The van der Waals surface area contributed by atoms with E-state index in [1.165, 1.54) is 6.42 Å². The molecule has 2 atom stereocenters. The lowest BCUT2D eigenvalue weighted by Gasteiger charge is -2.36. The summed E-state index contributed by atoms with van der Waals surface area (Å²) in [5.41, 5.74) is 0.742.